The van der Waals surface area contributed by atoms with Crippen molar-refractivity contribution in [3.8, 4) is 0 Å². The van der Waals surface area contributed by atoms with Crippen LogP contribution in [0.15, 0.2) is 29.4 Å². The third kappa shape index (κ3) is 4.99. The average molecular weight is 552 g/mol. The predicted molar refractivity (Wildman–Crippen MR) is 150 cm³/mol. The molecule has 1 unspecified atom stereocenters. The first-order valence-electron chi connectivity index (χ1n) is 14.6. The Bertz CT molecular complexity index is 1290. The summed E-state index contributed by atoms with van der Waals surface area (Å²) in [6.45, 7) is 1.69. The molecule has 1 amide bonds. The molecule has 2 aliphatic heterocycles. The molecule has 4 N–H and O–H groups in total. The van der Waals surface area contributed by atoms with Crippen LogP contribution in [0.3, 0.4) is 0 Å². The molecule has 6 rings (SSSR count). The summed E-state index contributed by atoms with van der Waals surface area (Å²) in [6, 6.07) is 1.90. The van der Waals surface area contributed by atoms with Crippen molar-refractivity contribution in [2.75, 3.05) is 40.9 Å². The molecule has 40 heavy (non-hydrogen) atoms. The number of amides is 1. The van der Waals surface area contributed by atoms with Crippen LogP contribution in [0, 0.1) is 0 Å². The fraction of sp³-hybridized carbons (Fsp3) is 0.607. The number of halogens is 1. The van der Waals surface area contributed by atoms with E-state index in [-0.39, 0.29) is 29.8 Å². The van der Waals surface area contributed by atoms with Gasteiger partial charge in [0.15, 0.2) is 11.6 Å². The lowest BCUT2D eigenvalue weighted by molar-refractivity contribution is 0.0721. The van der Waals surface area contributed by atoms with E-state index >= 15 is 4.39 Å². The van der Waals surface area contributed by atoms with Gasteiger partial charge in [-0.2, -0.15) is 10.1 Å². The summed E-state index contributed by atoms with van der Waals surface area (Å²) in [4.78, 5) is 24.4. The Morgan fingerprint density at radius 3 is 2.55 bits per heavy atom. The topological polar surface area (TPSA) is 140 Å². The van der Waals surface area contributed by atoms with Crippen molar-refractivity contribution in [2.45, 2.75) is 88.3 Å². The van der Waals surface area contributed by atoms with Crippen molar-refractivity contribution in [3.63, 3.8) is 0 Å². The van der Waals surface area contributed by atoms with E-state index in [1.807, 2.05) is 6.07 Å². The Balaban J connectivity index is 1.23. The maximum Gasteiger partial charge on any atom is 0.263 e. The first-order valence-corrected chi connectivity index (χ1v) is 14.6. The van der Waals surface area contributed by atoms with E-state index in [9.17, 15) is 4.79 Å². The lowest BCUT2D eigenvalue weighted by Gasteiger charge is -2.42. The Morgan fingerprint density at radius 1 is 1.12 bits per heavy atom. The van der Waals surface area contributed by atoms with Crippen LogP contribution >= 0.6 is 0 Å². The minimum atomic E-state index is -1.10. The quantitative estimate of drug-likeness (QED) is 0.414. The van der Waals surface area contributed by atoms with Gasteiger partial charge in [-0.25, -0.2) is 9.07 Å². The van der Waals surface area contributed by atoms with Gasteiger partial charge >= 0.3 is 0 Å². The molecule has 1 spiro atoms. The molecule has 1 aliphatic carbocycles. The lowest BCUT2D eigenvalue weighted by atomic mass is 9.80. The van der Waals surface area contributed by atoms with Crippen LogP contribution in [0.2, 0.25) is 0 Å². The van der Waals surface area contributed by atoms with Crippen LogP contribution in [-0.2, 0) is 5.54 Å². The summed E-state index contributed by atoms with van der Waals surface area (Å²) >= 11 is 0. The molecule has 3 aromatic heterocycles. The number of piperidine rings is 1. The number of nitrogen functional groups attached to an aromatic ring is 1. The normalized spacial score (nSPS) is 21.9. The number of nitrogens with one attached hydrogen (secondary N) is 2. The number of aromatic nitrogens is 5. The second-order valence-electron chi connectivity index (χ2n) is 11.3. The van der Waals surface area contributed by atoms with Crippen molar-refractivity contribution in [3.05, 3.63) is 36.2 Å². The van der Waals surface area contributed by atoms with E-state index in [4.69, 9.17) is 10.3 Å². The van der Waals surface area contributed by atoms with Gasteiger partial charge in [-0.05, 0) is 31.7 Å². The number of hydrogen-bond donors (Lipinski definition) is 3. The van der Waals surface area contributed by atoms with E-state index in [2.05, 4.69) is 35.8 Å². The first-order chi connectivity index (χ1) is 19.6. The zero-order chi connectivity index (χ0) is 27.5. The maximum absolute atomic E-state index is 15.7. The Morgan fingerprint density at radius 2 is 1.85 bits per heavy atom. The molecule has 5 heterocycles. The SMILES string of the molecule is Nc1nn2c(c1C(=O)Nc1cnccc1N1CCC(c3ncon3)CC1)NCC(F)C21CCCCCCCCC1. The fourth-order valence-corrected chi connectivity index (χ4v) is 6.73. The molecule has 1 saturated heterocycles. The van der Waals surface area contributed by atoms with Gasteiger partial charge in [0, 0.05) is 31.7 Å². The number of anilines is 4. The largest absolute Gasteiger partial charge is 0.381 e. The Kier molecular flexibility index (Phi) is 7.57. The highest BCUT2D eigenvalue weighted by Crippen LogP contribution is 2.43. The zero-order valence-corrected chi connectivity index (χ0v) is 22.8. The highest BCUT2D eigenvalue weighted by molar-refractivity contribution is 6.12. The molecule has 3 aromatic rings. The molecular weight excluding hydrogens is 513 g/mol. The molecule has 0 aromatic carbocycles. The molecule has 1 atom stereocenters. The molecule has 1 saturated carbocycles. The molecular formula is C28H38FN9O2. The van der Waals surface area contributed by atoms with Crippen LogP contribution in [0.25, 0.3) is 0 Å². The van der Waals surface area contributed by atoms with Gasteiger partial charge in [-0.1, -0.05) is 50.1 Å². The number of fused-ring (bicyclic) bond motifs is 2. The smallest absolute Gasteiger partial charge is 0.263 e. The number of rotatable bonds is 4. The molecule has 11 nitrogen and oxygen atoms in total. The van der Waals surface area contributed by atoms with Crippen LogP contribution in [-0.4, -0.2) is 56.6 Å². The highest BCUT2D eigenvalue weighted by Gasteiger charge is 2.47. The summed E-state index contributed by atoms with van der Waals surface area (Å²) < 4.78 is 22.4. The first kappa shape index (κ1) is 26.5. The molecule has 214 valence electrons. The minimum absolute atomic E-state index is 0.108. The molecule has 0 bridgehead atoms. The van der Waals surface area contributed by atoms with Gasteiger partial charge in [0.05, 0.1) is 23.1 Å². The summed E-state index contributed by atoms with van der Waals surface area (Å²) in [5.74, 6) is 1.22. The summed E-state index contributed by atoms with van der Waals surface area (Å²) in [6.07, 6.45) is 14.4. The van der Waals surface area contributed by atoms with E-state index in [0.717, 1.165) is 63.1 Å². The summed E-state index contributed by atoms with van der Waals surface area (Å²) in [5, 5.41) is 14.8. The van der Waals surface area contributed by atoms with Crippen LogP contribution in [0.1, 0.15) is 92.7 Å². The number of pyridine rings is 1. The number of alkyl halides is 1. The third-order valence-electron chi connectivity index (χ3n) is 8.94. The summed E-state index contributed by atoms with van der Waals surface area (Å²) in [7, 11) is 0. The molecule has 12 heteroatoms. The summed E-state index contributed by atoms with van der Waals surface area (Å²) in [5.41, 5.74) is 7.33. The monoisotopic (exact) mass is 551 g/mol. The molecule has 0 radical (unpaired) electrons. The van der Waals surface area contributed by atoms with Crippen molar-refractivity contribution < 1.29 is 13.7 Å². The Labute approximate surface area is 233 Å². The van der Waals surface area contributed by atoms with Gasteiger partial charge in [0.25, 0.3) is 5.91 Å². The lowest BCUT2D eigenvalue weighted by Crippen LogP contribution is -2.51. The number of nitrogens with zero attached hydrogens (tertiary/aromatic N) is 6. The van der Waals surface area contributed by atoms with Gasteiger partial charge in [0.1, 0.15) is 17.6 Å². The number of carbonyl (C=O) groups is 1. The van der Waals surface area contributed by atoms with Gasteiger partial charge in [-0.15, -0.1) is 0 Å². The van der Waals surface area contributed by atoms with E-state index in [1.54, 1.807) is 17.1 Å². The highest BCUT2D eigenvalue weighted by atomic mass is 19.1. The molecule has 3 aliphatic rings. The molecule has 2 fully saturated rings. The fourth-order valence-electron chi connectivity index (χ4n) is 6.73. The van der Waals surface area contributed by atoms with Crippen LogP contribution < -0.4 is 21.3 Å². The van der Waals surface area contributed by atoms with Gasteiger partial charge in [-0.3, -0.25) is 9.78 Å². The van der Waals surface area contributed by atoms with E-state index in [1.165, 1.54) is 25.7 Å². The van der Waals surface area contributed by atoms with E-state index in [0.29, 0.717) is 24.3 Å². The van der Waals surface area contributed by atoms with Crippen molar-refractivity contribution in [1.29, 1.82) is 0 Å². The minimum Gasteiger partial charge on any atom is -0.381 e. The zero-order valence-electron chi connectivity index (χ0n) is 22.8. The third-order valence-corrected chi connectivity index (χ3v) is 8.94. The van der Waals surface area contributed by atoms with Crippen LogP contribution in [0.4, 0.5) is 27.4 Å². The maximum atomic E-state index is 15.7. The standard InChI is InChI=1S/C28H38FN9O2/c29-22-17-32-26-23(24(30)35-38(26)28(22)11-6-4-2-1-3-5-7-12-28)27(39)34-20-16-31-13-8-21(20)37-14-9-19(10-15-37)25-33-18-40-36-25/h8,13,16,18-19,22,32H,1-7,9-12,14-15,17H2,(H2,30,35)(H,34,39). The van der Waals surface area contributed by atoms with Gasteiger partial charge < -0.3 is 25.8 Å². The number of nitrogens with two attached hydrogens (primary N) is 1. The Hall–Kier alpha value is -3.70. The second-order valence-corrected chi connectivity index (χ2v) is 11.3. The van der Waals surface area contributed by atoms with E-state index < -0.39 is 11.7 Å². The van der Waals surface area contributed by atoms with Gasteiger partial charge in [0.2, 0.25) is 6.39 Å². The predicted octanol–water partition coefficient (Wildman–Crippen LogP) is 4.86. The van der Waals surface area contributed by atoms with Crippen molar-refractivity contribution >= 4 is 28.9 Å². The average Bonchev–Trinajstić information content (AvgIpc) is 3.63. The number of carbonyl (C=O) groups excluding carboxylic acids is 1. The second kappa shape index (κ2) is 11.4. The van der Waals surface area contributed by atoms with Crippen molar-refractivity contribution in [1.82, 2.24) is 24.9 Å². The van der Waals surface area contributed by atoms with Crippen LogP contribution in [0.5, 0.6) is 0 Å². The van der Waals surface area contributed by atoms with Crippen molar-refractivity contribution in [2.24, 2.45) is 0 Å². The number of hydrogen-bond acceptors (Lipinski definition) is 9.